The van der Waals surface area contributed by atoms with Crippen LogP contribution >= 0.6 is 7.82 Å². The van der Waals surface area contributed by atoms with Crippen LogP contribution in [0.3, 0.4) is 0 Å². The zero-order valence-electron chi connectivity index (χ0n) is 36.6. The van der Waals surface area contributed by atoms with Crippen molar-refractivity contribution in [2.75, 3.05) is 19.8 Å². The van der Waals surface area contributed by atoms with Crippen LogP contribution in [0.1, 0.15) is 206 Å². The van der Waals surface area contributed by atoms with E-state index in [0.717, 1.165) is 64.2 Å². The van der Waals surface area contributed by atoms with E-state index in [1.54, 1.807) is 0 Å². The Balaban J connectivity index is 4.31. The number of esters is 2. The molecule has 0 spiro atoms. The van der Waals surface area contributed by atoms with E-state index in [1.807, 2.05) is 0 Å². The minimum Gasteiger partial charge on any atom is -0.480 e. The third kappa shape index (κ3) is 40.5. The molecule has 4 N–H and O–H groups in total. The van der Waals surface area contributed by atoms with Crippen molar-refractivity contribution in [1.82, 2.24) is 0 Å². The molecule has 0 radical (unpaired) electrons. The number of allylic oxidation sites excluding steroid dienone is 6. The second kappa shape index (κ2) is 41.4. The average molecular weight is 842 g/mol. The van der Waals surface area contributed by atoms with Gasteiger partial charge in [0.25, 0.3) is 0 Å². The maximum absolute atomic E-state index is 12.6. The number of carboxylic acid groups (broad SMARTS) is 1. The van der Waals surface area contributed by atoms with Gasteiger partial charge in [-0.15, -0.1) is 0 Å². The van der Waals surface area contributed by atoms with Gasteiger partial charge >= 0.3 is 25.7 Å². The summed E-state index contributed by atoms with van der Waals surface area (Å²) >= 11 is 0. The number of carboxylic acids is 1. The van der Waals surface area contributed by atoms with Crippen LogP contribution in [0.15, 0.2) is 36.5 Å². The molecule has 0 amide bonds. The highest BCUT2D eigenvalue weighted by atomic mass is 31.2. The van der Waals surface area contributed by atoms with Crippen LogP contribution in [0.2, 0.25) is 0 Å². The van der Waals surface area contributed by atoms with Gasteiger partial charge in [0.05, 0.1) is 13.2 Å². The first-order chi connectivity index (χ1) is 28.1. The molecule has 0 aromatic rings. The Morgan fingerprint density at radius 3 is 1.40 bits per heavy atom. The summed E-state index contributed by atoms with van der Waals surface area (Å²) in [4.78, 5) is 46.0. The van der Waals surface area contributed by atoms with Crippen molar-refractivity contribution < 1.29 is 47.5 Å². The lowest BCUT2D eigenvalue weighted by Crippen LogP contribution is -2.34. The molecular formula is C46H84NO10P. The highest BCUT2D eigenvalue weighted by Crippen LogP contribution is 2.43. The van der Waals surface area contributed by atoms with Gasteiger partial charge in [0.1, 0.15) is 12.6 Å². The SMILES string of the molecule is CCCCC/C=C/C/C=C/CCCCCCCCCCCC(=O)OC[C@H](COP(=O)(O)OC[C@H](N)C(=O)O)OC(=O)CCCCCCCCC/C=C/CCCCCC. The Kier molecular flexibility index (Phi) is 39.8. The maximum Gasteiger partial charge on any atom is 0.472 e. The first-order valence-corrected chi connectivity index (χ1v) is 24.5. The number of phosphoric acid groups is 1. The summed E-state index contributed by atoms with van der Waals surface area (Å²) in [6, 6.07) is -1.52. The Bertz CT molecular complexity index is 1130. The summed E-state index contributed by atoms with van der Waals surface area (Å²) in [6.07, 6.45) is 44.8. The highest BCUT2D eigenvalue weighted by molar-refractivity contribution is 7.47. The third-order valence-corrected chi connectivity index (χ3v) is 10.8. The Hall–Kier alpha value is -2.30. The predicted molar refractivity (Wildman–Crippen MR) is 235 cm³/mol. The van der Waals surface area contributed by atoms with Gasteiger partial charge in [-0.25, -0.2) is 4.57 Å². The van der Waals surface area contributed by atoms with E-state index in [1.165, 1.54) is 103 Å². The monoisotopic (exact) mass is 842 g/mol. The Labute approximate surface area is 353 Å². The summed E-state index contributed by atoms with van der Waals surface area (Å²) in [5.41, 5.74) is 5.34. The van der Waals surface area contributed by atoms with E-state index in [4.69, 9.17) is 24.8 Å². The summed E-state index contributed by atoms with van der Waals surface area (Å²) in [5.74, 6) is -2.38. The van der Waals surface area contributed by atoms with Crippen molar-refractivity contribution in [2.24, 2.45) is 5.73 Å². The van der Waals surface area contributed by atoms with Crippen LogP contribution in [0, 0.1) is 0 Å². The minimum atomic E-state index is -4.72. The number of nitrogens with two attached hydrogens (primary N) is 1. The van der Waals surface area contributed by atoms with Crippen LogP contribution in [0.4, 0.5) is 0 Å². The summed E-state index contributed by atoms with van der Waals surface area (Å²) in [5, 5.41) is 8.90. The quantitative estimate of drug-likeness (QED) is 0.0231. The van der Waals surface area contributed by atoms with Crippen molar-refractivity contribution in [3.8, 4) is 0 Å². The van der Waals surface area contributed by atoms with Crippen LogP contribution in [-0.2, 0) is 37.5 Å². The van der Waals surface area contributed by atoms with Gasteiger partial charge in [-0.05, 0) is 70.6 Å². The van der Waals surface area contributed by atoms with Crippen LogP contribution in [-0.4, -0.2) is 59.9 Å². The first-order valence-electron chi connectivity index (χ1n) is 23.0. The Morgan fingerprint density at radius 2 is 0.914 bits per heavy atom. The van der Waals surface area contributed by atoms with Gasteiger partial charge < -0.3 is 25.2 Å². The molecule has 338 valence electrons. The number of phosphoric ester groups is 1. The van der Waals surface area contributed by atoms with Crippen LogP contribution < -0.4 is 5.73 Å². The molecule has 0 aliphatic rings. The standard InChI is InChI=1S/C46H84NO10P/c1-3-5-7-9-11-13-15-17-19-20-21-22-24-25-27-29-31-33-35-37-44(48)54-39-42(40-55-58(52,53)56-41-43(47)46(50)51)57-45(49)38-36-34-32-30-28-26-23-18-16-14-12-10-8-6-4-2/h11,13-14,16-17,19,42-43H,3-10,12,15,18,20-41,47H2,1-2H3,(H,50,51)(H,52,53)/b13-11+,16-14+,19-17+/t42-,43+/m1/s1. The van der Waals surface area contributed by atoms with Crippen LogP contribution in [0.25, 0.3) is 0 Å². The number of carbonyl (C=O) groups is 3. The fourth-order valence-corrected chi connectivity index (χ4v) is 6.99. The minimum absolute atomic E-state index is 0.156. The van der Waals surface area contributed by atoms with Gasteiger partial charge in [0, 0.05) is 12.8 Å². The topological polar surface area (TPSA) is 172 Å². The smallest absolute Gasteiger partial charge is 0.472 e. The summed E-state index contributed by atoms with van der Waals surface area (Å²) in [7, 11) is -4.72. The van der Waals surface area contributed by atoms with Gasteiger partial charge in [0.2, 0.25) is 0 Å². The second-order valence-electron chi connectivity index (χ2n) is 15.5. The molecule has 0 bridgehead atoms. The van der Waals surface area contributed by atoms with E-state index in [9.17, 15) is 23.8 Å². The molecule has 0 fully saturated rings. The van der Waals surface area contributed by atoms with Crippen molar-refractivity contribution in [1.29, 1.82) is 0 Å². The molecule has 12 heteroatoms. The summed E-state index contributed by atoms with van der Waals surface area (Å²) in [6.45, 7) is 2.77. The number of hydrogen-bond acceptors (Lipinski definition) is 9. The lowest BCUT2D eigenvalue weighted by molar-refractivity contribution is -0.161. The molecule has 11 nitrogen and oxygen atoms in total. The number of hydrogen-bond donors (Lipinski definition) is 3. The van der Waals surface area contributed by atoms with E-state index >= 15 is 0 Å². The van der Waals surface area contributed by atoms with E-state index in [0.29, 0.717) is 12.8 Å². The maximum atomic E-state index is 12.6. The van der Waals surface area contributed by atoms with Crippen molar-refractivity contribution in [2.45, 2.75) is 219 Å². The fraction of sp³-hybridized carbons (Fsp3) is 0.804. The molecule has 0 aliphatic carbocycles. The molecule has 0 aromatic heterocycles. The van der Waals surface area contributed by atoms with Gasteiger partial charge in [0.15, 0.2) is 6.10 Å². The largest absolute Gasteiger partial charge is 0.480 e. The van der Waals surface area contributed by atoms with Crippen LogP contribution in [0.5, 0.6) is 0 Å². The molecule has 3 atom stereocenters. The zero-order chi connectivity index (χ0) is 42.8. The fourth-order valence-electron chi connectivity index (χ4n) is 6.21. The molecule has 58 heavy (non-hydrogen) atoms. The lowest BCUT2D eigenvalue weighted by Gasteiger charge is -2.20. The molecule has 0 aliphatic heterocycles. The molecule has 0 saturated heterocycles. The number of unbranched alkanes of at least 4 members (excludes halogenated alkanes) is 23. The van der Waals surface area contributed by atoms with E-state index in [-0.39, 0.29) is 19.4 Å². The van der Waals surface area contributed by atoms with Crippen molar-refractivity contribution in [3.63, 3.8) is 0 Å². The lowest BCUT2D eigenvalue weighted by atomic mass is 10.1. The molecule has 1 unspecified atom stereocenters. The number of aliphatic carboxylic acids is 1. The van der Waals surface area contributed by atoms with Crippen molar-refractivity contribution in [3.05, 3.63) is 36.5 Å². The molecule has 0 heterocycles. The number of rotatable bonds is 43. The number of ether oxygens (including phenoxy) is 2. The van der Waals surface area contributed by atoms with E-state index < -0.39 is 51.1 Å². The van der Waals surface area contributed by atoms with E-state index in [2.05, 4.69) is 54.8 Å². The summed E-state index contributed by atoms with van der Waals surface area (Å²) < 4.78 is 32.7. The molecule has 0 rings (SSSR count). The number of carbonyl (C=O) groups excluding carboxylic acids is 2. The predicted octanol–water partition coefficient (Wildman–Crippen LogP) is 12.4. The average Bonchev–Trinajstić information content (AvgIpc) is 3.20. The molecule has 0 aromatic carbocycles. The normalized spacial score (nSPS) is 14.0. The van der Waals surface area contributed by atoms with Gasteiger partial charge in [-0.3, -0.25) is 23.4 Å². The highest BCUT2D eigenvalue weighted by Gasteiger charge is 2.28. The molecular weight excluding hydrogens is 757 g/mol. The zero-order valence-corrected chi connectivity index (χ0v) is 37.5. The first kappa shape index (κ1) is 55.7. The second-order valence-corrected chi connectivity index (χ2v) is 17.0. The van der Waals surface area contributed by atoms with Gasteiger partial charge in [-0.2, -0.15) is 0 Å². The third-order valence-electron chi connectivity index (χ3n) is 9.86. The van der Waals surface area contributed by atoms with Crippen molar-refractivity contribution >= 4 is 25.7 Å². The van der Waals surface area contributed by atoms with Gasteiger partial charge in [-0.1, -0.05) is 159 Å². The molecule has 0 saturated carbocycles. The Morgan fingerprint density at radius 1 is 0.534 bits per heavy atom.